The molecule has 0 bridgehead atoms. The molecule has 2 aliphatic heterocycles. The average Bonchev–Trinajstić information content (AvgIpc) is 2.83. The van der Waals surface area contributed by atoms with Gasteiger partial charge in [-0.1, -0.05) is 25.5 Å². The van der Waals surface area contributed by atoms with E-state index in [0.29, 0.717) is 18.0 Å². The van der Waals surface area contributed by atoms with Gasteiger partial charge in [0, 0.05) is 58.2 Å². The third-order valence-electron chi connectivity index (χ3n) is 6.90. The summed E-state index contributed by atoms with van der Waals surface area (Å²) < 4.78 is 27.6. The number of hydrogen-bond donors (Lipinski definition) is 1. The van der Waals surface area contributed by atoms with E-state index in [9.17, 15) is 18.0 Å². The maximum Gasteiger partial charge on any atom is 0.243 e. The summed E-state index contributed by atoms with van der Waals surface area (Å²) in [5.74, 6) is -0.162. The van der Waals surface area contributed by atoms with Gasteiger partial charge in [-0.25, -0.2) is 8.42 Å². The Labute approximate surface area is 204 Å². The van der Waals surface area contributed by atoms with Gasteiger partial charge in [0.2, 0.25) is 21.8 Å². The molecule has 0 unspecified atom stereocenters. The number of carbonyl (C=O) groups is 2. The molecular formula is C25H40N4O4S. The highest BCUT2D eigenvalue weighted by molar-refractivity contribution is 7.89. The number of nitrogens with one attached hydrogen (secondary N) is 1. The van der Waals surface area contributed by atoms with Gasteiger partial charge in [-0.15, -0.1) is 0 Å². The van der Waals surface area contributed by atoms with Crippen LogP contribution in [0, 0.1) is 13.8 Å². The monoisotopic (exact) mass is 492 g/mol. The van der Waals surface area contributed by atoms with Crippen LogP contribution in [0.4, 0.5) is 0 Å². The molecule has 1 aromatic rings. The lowest BCUT2D eigenvalue weighted by atomic mass is 10.0. The van der Waals surface area contributed by atoms with Crippen LogP contribution in [-0.4, -0.2) is 86.2 Å². The van der Waals surface area contributed by atoms with Crippen molar-refractivity contribution in [3.05, 3.63) is 29.3 Å². The standard InChI is InChI=1S/C25H40N4O4S/c1-4-5-12-27-13-10-22(11-14-27)26-24(30)8-9-25(31)28-15-17-29(18-16-28)34(32,33)23-19-20(2)6-7-21(23)3/h6-7,19,22H,4-5,8-18H2,1-3H3,(H,26,30). The van der Waals surface area contributed by atoms with Crippen molar-refractivity contribution in [1.29, 1.82) is 0 Å². The van der Waals surface area contributed by atoms with E-state index in [1.807, 2.05) is 19.1 Å². The first-order chi connectivity index (χ1) is 16.2. The third kappa shape index (κ3) is 7.02. The van der Waals surface area contributed by atoms with Crippen molar-refractivity contribution in [2.75, 3.05) is 45.8 Å². The number of sulfonamides is 1. The van der Waals surface area contributed by atoms with E-state index < -0.39 is 10.0 Å². The molecule has 1 aromatic carbocycles. The average molecular weight is 493 g/mol. The second-order valence-corrected chi connectivity index (χ2v) is 11.5. The van der Waals surface area contributed by atoms with Crippen LogP contribution in [0.1, 0.15) is 56.6 Å². The summed E-state index contributed by atoms with van der Waals surface area (Å²) in [5, 5.41) is 3.08. The lowest BCUT2D eigenvalue weighted by Gasteiger charge is -2.34. The van der Waals surface area contributed by atoms with Gasteiger partial charge in [-0.2, -0.15) is 4.31 Å². The second kappa shape index (κ2) is 12.1. The lowest BCUT2D eigenvalue weighted by molar-refractivity contribution is -0.134. The highest BCUT2D eigenvalue weighted by Gasteiger charge is 2.31. The minimum Gasteiger partial charge on any atom is -0.353 e. The van der Waals surface area contributed by atoms with Crippen molar-refractivity contribution in [2.45, 2.75) is 70.2 Å². The molecule has 8 nitrogen and oxygen atoms in total. The summed E-state index contributed by atoms with van der Waals surface area (Å²) in [6.07, 6.45) is 4.66. The molecule has 0 aromatic heterocycles. The number of piperidine rings is 1. The van der Waals surface area contributed by atoms with Crippen molar-refractivity contribution in [3.8, 4) is 0 Å². The Hall–Kier alpha value is -1.97. The van der Waals surface area contributed by atoms with E-state index in [1.54, 1.807) is 17.9 Å². The van der Waals surface area contributed by atoms with Gasteiger partial charge in [0.05, 0.1) is 4.90 Å². The normalized spacial score (nSPS) is 18.7. The Balaban J connectivity index is 1.40. The first kappa shape index (κ1) is 26.6. The van der Waals surface area contributed by atoms with E-state index in [0.717, 1.165) is 43.6 Å². The van der Waals surface area contributed by atoms with Gasteiger partial charge in [-0.3, -0.25) is 9.59 Å². The Morgan fingerprint density at radius 3 is 2.32 bits per heavy atom. The van der Waals surface area contributed by atoms with Crippen LogP contribution in [0.25, 0.3) is 0 Å². The minimum atomic E-state index is -3.59. The summed E-state index contributed by atoms with van der Waals surface area (Å²) >= 11 is 0. The molecule has 9 heteroatoms. The molecule has 3 rings (SSSR count). The van der Waals surface area contributed by atoms with Gasteiger partial charge in [0.15, 0.2) is 0 Å². The zero-order valence-electron chi connectivity index (χ0n) is 20.9. The summed E-state index contributed by atoms with van der Waals surface area (Å²) in [4.78, 5) is 29.5. The molecule has 2 fully saturated rings. The highest BCUT2D eigenvalue weighted by atomic mass is 32.2. The topological polar surface area (TPSA) is 90.0 Å². The molecule has 0 spiro atoms. The quantitative estimate of drug-likeness (QED) is 0.571. The zero-order valence-corrected chi connectivity index (χ0v) is 21.7. The van der Waals surface area contributed by atoms with E-state index >= 15 is 0 Å². The van der Waals surface area contributed by atoms with Crippen molar-refractivity contribution in [3.63, 3.8) is 0 Å². The highest BCUT2D eigenvalue weighted by Crippen LogP contribution is 2.22. The molecule has 190 valence electrons. The summed E-state index contributed by atoms with van der Waals surface area (Å²) in [6.45, 7) is 10.3. The van der Waals surface area contributed by atoms with Crippen LogP contribution in [-0.2, 0) is 19.6 Å². The largest absolute Gasteiger partial charge is 0.353 e. The number of piperazine rings is 1. The van der Waals surface area contributed by atoms with Gasteiger partial charge in [0.1, 0.15) is 0 Å². The van der Waals surface area contributed by atoms with Crippen LogP contribution >= 0.6 is 0 Å². The van der Waals surface area contributed by atoms with Gasteiger partial charge < -0.3 is 15.1 Å². The number of hydrogen-bond acceptors (Lipinski definition) is 5. The zero-order chi connectivity index (χ0) is 24.7. The maximum absolute atomic E-state index is 13.1. The van der Waals surface area contributed by atoms with Crippen LogP contribution in [0.2, 0.25) is 0 Å². The number of likely N-dealkylation sites (tertiary alicyclic amines) is 1. The number of aryl methyl sites for hydroxylation is 2. The Morgan fingerprint density at radius 2 is 1.68 bits per heavy atom. The molecule has 2 aliphatic rings. The Bertz CT molecular complexity index is 950. The fourth-order valence-electron chi connectivity index (χ4n) is 4.66. The van der Waals surface area contributed by atoms with Crippen molar-refractivity contribution >= 4 is 21.8 Å². The summed E-state index contributed by atoms with van der Waals surface area (Å²) in [6, 6.07) is 5.62. The second-order valence-electron chi connectivity index (χ2n) is 9.59. The van der Waals surface area contributed by atoms with Gasteiger partial charge in [0.25, 0.3) is 0 Å². The third-order valence-corrected chi connectivity index (χ3v) is 8.94. The number of benzene rings is 1. The fraction of sp³-hybridized carbons (Fsp3) is 0.680. The van der Waals surface area contributed by atoms with Crippen molar-refractivity contribution in [2.24, 2.45) is 0 Å². The Kier molecular flexibility index (Phi) is 9.50. The smallest absolute Gasteiger partial charge is 0.243 e. The lowest BCUT2D eigenvalue weighted by Crippen LogP contribution is -2.50. The number of nitrogens with zero attached hydrogens (tertiary/aromatic N) is 3. The first-order valence-electron chi connectivity index (χ1n) is 12.6. The molecule has 2 heterocycles. The molecule has 0 radical (unpaired) electrons. The number of amides is 2. The predicted molar refractivity (Wildman–Crippen MR) is 133 cm³/mol. The summed E-state index contributed by atoms with van der Waals surface area (Å²) in [5.41, 5.74) is 1.63. The maximum atomic E-state index is 13.1. The van der Waals surface area contributed by atoms with Crippen LogP contribution in [0.15, 0.2) is 23.1 Å². The first-order valence-corrected chi connectivity index (χ1v) is 14.0. The minimum absolute atomic E-state index is 0.0727. The van der Waals surface area contributed by atoms with E-state index in [2.05, 4.69) is 17.1 Å². The summed E-state index contributed by atoms with van der Waals surface area (Å²) in [7, 11) is -3.59. The molecule has 1 N–H and O–H groups in total. The molecule has 2 saturated heterocycles. The van der Waals surface area contributed by atoms with Crippen LogP contribution < -0.4 is 5.32 Å². The van der Waals surface area contributed by atoms with Crippen molar-refractivity contribution < 1.29 is 18.0 Å². The molecular weight excluding hydrogens is 452 g/mol. The van der Waals surface area contributed by atoms with E-state index in [1.165, 1.54) is 17.1 Å². The molecule has 2 amide bonds. The number of unbranched alkanes of at least 4 members (excludes halogenated alkanes) is 1. The van der Waals surface area contributed by atoms with Gasteiger partial charge in [-0.05, 0) is 56.8 Å². The number of carbonyl (C=O) groups excluding carboxylic acids is 2. The van der Waals surface area contributed by atoms with Crippen molar-refractivity contribution in [1.82, 2.24) is 19.4 Å². The van der Waals surface area contributed by atoms with E-state index in [-0.39, 0.29) is 43.8 Å². The van der Waals surface area contributed by atoms with E-state index in [4.69, 9.17) is 0 Å². The molecule has 0 saturated carbocycles. The fourth-order valence-corrected chi connectivity index (χ4v) is 6.40. The Morgan fingerprint density at radius 1 is 1.00 bits per heavy atom. The predicted octanol–water partition coefficient (Wildman–Crippen LogP) is 2.30. The van der Waals surface area contributed by atoms with Crippen LogP contribution in [0.3, 0.4) is 0 Å². The molecule has 0 aliphatic carbocycles. The number of rotatable bonds is 9. The molecule has 0 atom stereocenters. The van der Waals surface area contributed by atoms with Crippen LogP contribution in [0.5, 0.6) is 0 Å². The SMILES string of the molecule is CCCCN1CCC(NC(=O)CCC(=O)N2CCN(S(=O)(=O)c3cc(C)ccc3C)CC2)CC1. The van der Waals surface area contributed by atoms with Gasteiger partial charge >= 0.3 is 0 Å². The molecule has 34 heavy (non-hydrogen) atoms.